The van der Waals surface area contributed by atoms with Crippen LogP contribution in [0, 0.1) is 5.92 Å². The van der Waals surface area contributed by atoms with Crippen LogP contribution in [0.2, 0.25) is 0 Å². The van der Waals surface area contributed by atoms with Crippen LogP contribution in [-0.2, 0) is 9.09 Å². The molecule has 3 unspecified atom stereocenters. The molecule has 0 spiro atoms. The van der Waals surface area contributed by atoms with E-state index in [0.717, 1.165) is 0 Å². The molecule has 0 fully saturated rings. The van der Waals surface area contributed by atoms with Crippen molar-refractivity contribution < 1.29 is 19.1 Å². The first-order chi connectivity index (χ1) is 6.78. The van der Waals surface area contributed by atoms with Crippen molar-refractivity contribution in [1.82, 2.24) is 0 Å². The van der Waals surface area contributed by atoms with Crippen LogP contribution in [0.5, 0.6) is 0 Å². The highest BCUT2D eigenvalue weighted by atomic mass is 31.2. The third-order valence-corrected chi connectivity index (χ3v) is 3.48. The zero-order chi connectivity index (χ0) is 12.1. The lowest BCUT2D eigenvalue weighted by Gasteiger charge is -2.22. The van der Waals surface area contributed by atoms with E-state index in [4.69, 9.17) is 5.73 Å². The first kappa shape index (κ1) is 15.1. The molecular weight excluding hydrogens is 217 g/mol. The maximum Gasteiger partial charge on any atom is 0.330 e. The Morgan fingerprint density at radius 2 is 2.00 bits per heavy atom. The third-order valence-electron chi connectivity index (χ3n) is 1.99. The standard InChI is InChI=1S/C9H22NO4P/c1-4-14-15(12,13)6-9(11)8(10)5-7(2)3/h7-9,11H,4-6,10H2,1-3H3,(H,12,13). The largest absolute Gasteiger partial charge is 0.391 e. The van der Waals surface area contributed by atoms with Crippen molar-refractivity contribution >= 4 is 7.60 Å². The summed E-state index contributed by atoms with van der Waals surface area (Å²) in [7, 11) is -3.68. The lowest BCUT2D eigenvalue weighted by molar-refractivity contribution is 0.144. The zero-order valence-corrected chi connectivity index (χ0v) is 10.5. The Hall–Kier alpha value is 0.0700. The molecule has 0 aliphatic rings. The summed E-state index contributed by atoms with van der Waals surface area (Å²) in [6.45, 7) is 5.74. The lowest BCUT2D eigenvalue weighted by atomic mass is 10.0. The Balaban J connectivity index is 4.11. The van der Waals surface area contributed by atoms with Crippen LogP contribution in [0.15, 0.2) is 0 Å². The van der Waals surface area contributed by atoms with Crippen LogP contribution < -0.4 is 5.73 Å². The van der Waals surface area contributed by atoms with Gasteiger partial charge in [0.05, 0.1) is 18.9 Å². The Kier molecular flexibility index (Phi) is 6.64. The molecule has 0 bridgehead atoms. The molecule has 0 aromatic heterocycles. The normalized spacial score (nSPS) is 19.9. The monoisotopic (exact) mass is 239 g/mol. The maximum atomic E-state index is 11.3. The number of nitrogens with two attached hydrogens (primary N) is 1. The average Bonchev–Trinajstić information content (AvgIpc) is 2.01. The Labute approximate surface area is 91.2 Å². The van der Waals surface area contributed by atoms with E-state index in [1.807, 2.05) is 13.8 Å². The maximum absolute atomic E-state index is 11.3. The molecule has 3 atom stereocenters. The third kappa shape index (κ3) is 7.03. The van der Waals surface area contributed by atoms with Gasteiger partial charge in [-0.15, -0.1) is 0 Å². The lowest BCUT2D eigenvalue weighted by Crippen LogP contribution is -2.38. The number of aliphatic hydroxyl groups is 1. The Bertz CT molecular complexity index is 222. The molecule has 0 heterocycles. The van der Waals surface area contributed by atoms with Crippen LogP contribution in [0.3, 0.4) is 0 Å². The zero-order valence-electron chi connectivity index (χ0n) is 9.59. The molecule has 6 heteroatoms. The molecule has 0 radical (unpaired) electrons. The first-order valence-corrected chi connectivity index (χ1v) is 6.94. The second kappa shape index (κ2) is 6.61. The van der Waals surface area contributed by atoms with Crippen LogP contribution >= 0.6 is 7.60 Å². The highest BCUT2D eigenvalue weighted by molar-refractivity contribution is 7.52. The summed E-state index contributed by atoms with van der Waals surface area (Å²) in [5.41, 5.74) is 5.68. The summed E-state index contributed by atoms with van der Waals surface area (Å²) in [6.07, 6.45) is -0.669. The molecule has 15 heavy (non-hydrogen) atoms. The number of hydrogen-bond donors (Lipinski definition) is 3. The molecule has 0 aliphatic heterocycles. The molecule has 0 saturated carbocycles. The Morgan fingerprint density at radius 3 is 2.40 bits per heavy atom. The minimum atomic E-state index is -3.68. The molecule has 0 saturated heterocycles. The van der Waals surface area contributed by atoms with E-state index in [1.54, 1.807) is 6.92 Å². The van der Waals surface area contributed by atoms with E-state index in [0.29, 0.717) is 12.3 Å². The van der Waals surface area contributed by atoms with Gasteiger partial charge >= 0.3 is 7.60 Å². The van der Waals surface area contributed by atoms with Gasteiger partial charge in [-0.05, 0) is 19.3 Å². The van der Waals surface area contributed by atoms with E-state index in [1.165, 1.54) is 0 Å². The Morgan fingerprint density at radius 1 is 1.47 bits per heavy atom. The number of hydrogen-bond acceptors (Lipinski definition) is 4. The average molecular weight is 239 g/mol. The van der Waals surface area contributed by atoms with Gasteiger partial charge in [0.25, 0.3) is 0 Å². The van der Waals surface area contributed by atoms with Crippen LogP contribution in [0.1, 0.15) is 27.2 Å². The molecule has 0 rings (SSSR count). The van der Waals surface area contributed by atoms with E-state index in [-0.39, 0.29) is 12.8 Å². The fourth-order valence-electron chi connectivity index (χ4n) is 1.33. The van der Waals surface area contributed by atoms with Crippen molar-refractivity contribution in [2.45, 2.75) is 39.3 Å². The number of rotatable bonds is 7. The van der Waals surface area contributed by atoms with Gasteiger partial charge in [0, 0.05) is 6.04 Å². The molecular formula is C9H22NO4P. The summed E-state index contributed by atoms with van der Waals surface area (Å²) in [5, 5.41) is 9.59. The minimum Gasteiger partial charge on any atom is -0.391 e. The summed E-state index contributed by atoms with van der Waals surface area (Å²) in [5.74, 6) is 0.347. The molecule has 0 aromatic rings. The van der Waals surface area contributed by atoms with Crippen molar-refractivity contribution in [2.75, 3.05) is 12.8 Å². The van der Waals surface area contributed by atoms with E-state index in [9.17, 15) is 14.6 Å². The van der Waals surface area contributed by atoms with Gasteiger partial charge in [0.15, 0.2) is 0 Å². The summed E-state index contributed by atoms with van der Waals surface area (Å²) < 4.78 is 16.0. The highest BCUT2D eigenvalue weighted by Gasteiger charge is 2.27. The molecule has 5 nitrogen and oxygen atoms in total. The van der Waals surface area contributed by atoms with Gasteiger partial charge in [0.1, 0.15) is 0 Å². The second-order valence-electron chi connectivity index (χ2n) is 4.10. The summed E-state index contributed by atoms with van der Waals surface area (Å²) >= 11 is 0. The van der Waals surface area contributed by atoms with Crippen molar-refractivity contribution in [2.24, 2.45) is 11.7 Å². The van der Waals surface area contributed by atoms with Crippen LogP contribution in [0.25, 0.3) is 0 Å². The van der Waals surface area contributed by atoms with Crippen molar-refractivity contribution in [1.29, 1.82) is 0 Å². The first-order valence-electron chi connectivity index (χ1n) is 5.18. The summed E-state index contributed by atoms with van der Waals surface area (Å²) in [6, 6.07) is -0.481. The molecule has 0 amide bonds. The van der Waals surface area contributed by atoms with Gasteiger partial charge in [0.2, 0.25) is 0 Å². The van der Waals surface area contributed by atoms with Crippen molar-refractivity contribution in [3.63, 3.8) is 0 Å². The van der Waals surface area contributed by atoms with Crippen LogP contribution in [-0.4, -0.2) is 34.9 Å². The van der Waals surface area contributed by atoms with Gasteiger partial charge in [-0.2, -0.15) is 0 Å². The van der Waals surface area contributed by atoms with Crippen LogP contribution in [0.4, 0.5) is 0 Å². The quantitative estimate of drug-likeness (QED) is 0.575. The predicted octanol–water partition coefficient (Wildman–Crippen LogP) is 0.943. The van der Waals surface area contributed by atoms with Gasteiger partial charge in [-0.3, -0.25) is 4.57 Å². The van der Waals surface area contributed by atoms with Crippen molar-refractivity contribution in [3.8, 4) is 0 Å². The number of aliphatic hydroxyl groups excluding tert-OH is 1. The van der Waals surface area contributed by atoms with Gasteiger partial charge in [-0.25, -0.2) is 0 Å². The fraction of sp³-hybridized carbons (Fsp3) is 1.00. The minimum absolute atomic E-state index is 0.153. The SMILES string of the molecule is CCOP(=O)(O)CC(O)C(N)CC(C)C. The van der Waals surface area contributed by atoms with Gasteiger partial charge < -0.3 is 20.3 Å². The molecule has 92 valence electrons. The van der Waals surface area contributed by atoms with E-state index in [2.05, 4.69) is 4.52 Å². The summed E-state index contributed by atoms with van der Waals surface area (Å²) in [4.78, 5) is 9.29. The second-order valence-corrected chi connectivity index (χ2v) is 6.00. The predicted molar refractivity (Wildman–Crippen MR) is 59.8 cm³/mol. The topological polar surface area (TPSA) is 92.8 Å². The smallest absolute Gasteiger partial charge is 0.330 e. The molecule has 0 aromatic carbocycles. The fourth-order valence-corrected chi connectivity index (χ4v) is 2.58. The van der Waals surface area contributed by atoms with E-state index >= 15 is 0 Å². The molecule has 4 N–H and O–H groups in total. The van der Waals surface area contributed by atoms with Crippen molar-refractivity contribution in [3.05, 3.63) is 0 Å². The van der Waals surface area contributed by atoms with E-state index < -0.39 is 19.7 Å². The van der Waals surface area contributed by atoms with Gasteiger partial charge in [-0.1, -0.05) is 13.8 Å². The highest BCUT2D eigenvalue weighted by Crippen LogP contribution is 2.42. The molecule has 0 aliphatic carbocycles.